The molecule has 0 fully saturated rings. The van der Waals surface area contributed by atoms with Crippen LogP contribution in [-0.2, 0) is 0 Å². The van der Waals surface area contributed by atoms with Crippen LogP contribution < -0.4 is 11.5 Å². The fourth-order valence-electron chi connectivity index (χ4n) is 1.12. The largest absolute Gasteiger partial charge is 0.396 e. The standard InChI is InChI=1S/C9H7FN4O2/c10-5-2-1-4(3-6(5)11)8-13-9(7(12)15)16-14-8/h1-3H,11H2,(H2,12,15). The quantitative estimate of drug-likeness (QED) is 0.721. The summed E-state index contributed by atoms with van der Waals surface area (Å²) in [6, 6.07) is 3.93. The first-order chi connectivity index (χ1) is 7.58. The highest BCUT2D eigenvalue weighted by Gasteiger charge is 2.13. The van der Waals surface area contributed by atoms with Gasteiger partial charge in [0.2, 0.25) is 5.82 Å². The first kappa shape index (κ1) is 10.1. The van der Waals surface area contributed by atoms with Crippen LogP contribution in [0.5, 0.6) is 0 Å². The van der Waals surface area contributed by atoms with E-state index in [1.807, 2.05) is 0 Å². The Bertz CT molecular complexity index is 552. The lowest BCUT2D eigenvalue weighted by molar-refractivity contribution is 0.0958. The van der Waals surface area contributed by atoms with E-state index in [1.54, 1.807) is 0 Å². The van der Waals surface area contributed by atoms with E-state index in [9.17, 15) is 9.18 Å². The van der Waals surface area contributed by atoms with Crippen molar-refractivity contribution in [2.24, 2.45) is 5.73 Å². The summed E-state index contributed by atoms with van der Waals surface area (Å²) >= 11 is 0. The minimum absolute atomic E-state index is 0.0390. The second kappa shape index (κ2) is 3.61. The predicted molar refractivity (Wildman–Crippen MR) is 52.6 cm³/mol. The van der Waals surface area contributed by atoms with Gasteiger partial charge in [-0.25, -0.2) is 4.39 Å². The molecule has 0 radical (unpaired) electrons. The fraction of sp³-hybridized carbons (Fsp3) is 0. The number of benzene rings is 1. The monoisotopic (exact) mass is 222 g/mol. The summed E-state index contributed by atoms with van der Waals surface area (Å²) in [5.74, 6) is -1.55. The van der Waals surface area contributed by atoms with Crippen LogP contribution in [0.25, 0.3) is 11.4 Å². The Hall–Kier alpha value is -2.44. The zero-order valence-corrected chi connectivity index (χ0v) is 7.98. The van der Waals surface area contributed by atoms with Crippen LogP contribution in [0.2, 0.25) is 0 Å². The lowest BCUT2D eigenvalue weighted by Gasteiger charge is -1.97. The van der Waals surface area contributed by atoms with Gasteiger partial charge >= 0.3 is 11.8 Å². The van der Waals surface area contributed by atoms with E-state index < -0.39 is 11.7 Å². The molecule has 1 heterocycles. The average molecular weight is 222 g/mol. The Morgan fingerprint density at radius 3 is 2.75 bits per heavy atom. The first-order valence-corrected chi connectivity index (χ1v) is 4.27. The van der Waals surface area contributed by atoms with Gasteiger partial charge in [-0.05, 0) is 18.2 Å². The number of nitrogens with two attached hydrogens (primary N) is 2. The molecule has 82 valence electrons. The number of aromatic nitrogens is 2. The van der Waals surface area contributed by atoms with Crippen LogP contribution in [0.15, 0.2) is 22.7 Å². The molecule has 0 unspecified atom stereocenters. The number of nitrogens with zero attached hydrogens (tertiary/aromatic N) is 2. The fourth-order valence-corrected chi connectivity index (χ4v) is 1.12. The molecule has 0 saturated heterocycles. The summed E-state index contributed by atoms with van der Waals surface area (Å²) < 4.78 is 17.5. The van der Waals surface area contributed by atoms with Gasteiger partial charge in [0.15, 0.2) is 0 Å². The molecule has 2 rings (SSSR count). The summed E-state index contributed by atoms with van der Waals surface area (Å²) in [4.78, 5) is 14.4. The second-order valence-corrected chi connectivity index (χ2v) is 3.02. The summed E-state index contributed by atoms with van der Waals surface area (Å²) in [5, 5.41) is 3.51. The van der Waals surface area contributed by atoms with Crippen molar-refractivity contribution >= 4 is 11.6 Å². The molecule has 0 saturated carbocycles. The first-order valence-electron chi connectivity index (χ1n) is 4.27. The number of nitrogen functional groups attached to an aromatic ring is 1. The Morgan fingerprint density at radius 1 is 1.44 bits per heavy atom. The van der Waals surface area contributed by atoms with E-state index in [0.717, 1.165) is 0 Å². The lowest BCUT2D eigenvalue weighted by Crippen LogP contribution is -2.11. The van der Waals surface area contributed by atoms with Crippen molar-refractivity contribution in [3.63, 3.8) is 0 Å². The molecule has 0 spiro atoms. The number of hydrogen-bond donors (Lipinski definition) is 2. The lowest BCUT2D eigenvalue weighted by atomic mass is 10.2. The molecule has 1 aromatic heterocycles. The SMILES string of the molecule is NC(=O)c1nc(-c2ccc(F)c(N)c2)no1. The minimum Gasteiger partial charge on any atom is -0.396 e. The van der Waals surface area contributed by atoms with E-state index in [1.165, 1.54) is 18.2 Å². The van der Waals surface area contributed by atoms with Crippen LogP contribution in [0.1, 0.15) is 10.7 Å². The van der Waals surface area contributed by atoms with E-state index in [4.69, 9.17) is 11.5 Å². The molecule has 0 aliphatic rings. The third-order valence-electron chi connectivity index (χ3n) is 1.89. The maximum Gasteiger partial charge on any atom is 0.316 e. The van der Waals surface area contributed by atoms with Gasteiger partial charge in [0.1, 0.15) is 5.82 Å². The number of carbonyl (C=O) groups excluding carboxylic acids is 1. The highest BCUT2D eigenvalue weighted by Crippen LogP contribution is 2.20. The van der Waals surface area contributed by atoms with Gasteiger partial charge in [-0.1, -0.05) is 5.16 Å². The zero-order chi connectivity index (χ0) is 11.7. The van der Waals surface area contributed by atoms with Gasteiger partial charge < -0.3 is 16.0 Å². The molecule has 1 amide bonds. The number of halogens is 1. The van der Waals surface area contributed by atoms with Crippen molar-refractivity contribution in [2.45, 2.75) is 0 Å². The molecule has 0 bridgehead atoms. The van der Waals surface area contributed by atoms with Gasteiger partial charge in [-0.3, -0.25) is 4.79 Å². The van der Waals surface area contributed by atoms with Crippen LogP contribution in [0, 0.1) is 5.82 Å². The van der Waals surface area contributed by atoms with Crippen LogP contribution in [-0.4, -0.2) is 16.0 Å². The number of carbonyl (C=O) groups is 1. The van der Waals surface area contributed by atoms with Crippen molar-refractivity contribution < 1.29 is 13.7 Å². The molecule has 0 atom stereocenters. The van der Waals surface area contributed by atoms with Crippen LogP contribution >= 0.6 is 0 Å². The van der Waals surface area contributed by atoms with Crippen LogP contribution in [0.4, 0.5) is 10.1 Å². The number of primary amides is 1. The molecule has 0 aliphatic carbocycles. The predicted octanol–water partition coefficient (Wildman–Crippen LogP) is 0.557. The molecule has 4 N–H and O–H groups in total. The third-order valence-corrected chi connectivity index (χ3v) is 1.89. The highest BCUT2D eigenvalue weighted by atomic mass is 19.1. The zero-order valence-electron chi connectivity index (χ0n) is 7.98. The highest BCUT2D eigenvalue weighted by molar-refractivity contribution is 5.88. The van der Waals surface area contributed by atoms with Gasteiger partial charge in [0.25, 0.3) is 0 Å². The molecule has 7 heteroatoms. The van der Waals surface area contributed by atoms with E-state index in [-0.39, 0.29) is 17.4 Å². The number of rotatable bonds is 2. The van der Waals surface area contributed by atoms with Gasteiger partial charge in [-0.15, -0.1) is 0 Å². The Morgan fingerprint density at radius 2 is 2.19 bits per heavy atom. The molecular weight excluding hydrogens is 215 g/mol. The summed E-state index contributed by atoms with van der Waals surface area (Å²) in [6.45, 7) is 0. The normalized spacial score (nSPS) is 10.3. The van der Waals surface area contributed by atoms with Crippen LogP contribution in [0.3, 0.4) is 0 Å². The minimum atomic E-state index is -0.825. The van der Waals surface area contributed by atoms with E-state index in [2.05, 4.69) is 14.7 Å². The summed E-state index contributed by atoms with van der Waals surface area (Å²) in [7, 11) is 0. The Kier molecular flexibility index (Phi) is 2.28. The smallest absolute Gasteiger partial charge is 0.316 e. The number of amides is 1. The van der Waals surface area contributed by atoms with Gasteiger partial charge in [0, 0.05) is 5.56 Å². The Balaban J connectivity index is 2.42. The Labute approximate surface area is 89.0 Å². The maximum atomic E-state index is 12.9. The average Bonchev–Trinajstić information content (AvgIpc) is 2.71. The summed E-state index contributed by atoms with van der Waals surface area (Å²) in [5.41, 5.74) is 10.7. The van der Waals surface area contributed by atoms with Crippen molar-refractivity contribution in [3.8, 4) is 11.4 Å². The molecule has 16 heavy (non-hydrogen) atoms. The molecule has 2 aromatic rings. The van der Waals surface area contributed by atoms with Crippen molar-refractivity contribution in [2.75, 3.05) is 5.73 Å². The maximum absolute atomic E-state index is 12.9. The van der Waals surface area contributed by atoms with Crippen molar-refractivity contribution in [1.29, 1.82) is 0 Å². The topological polar surface area (TPSA) is 108 Å². The van der Waals surface area contributed by atoms with Crippen molar-refractivity contribution in [3.05, 3.63) is 29.9 Å². The van der Waals surface area contributed by atoms with E-state index >= 15 is 0 Å². The molecule has 1 aromatic carbocycles. The molecule has 6 nitrogen and oxygen atoms in total. The van der Waals surface area contributed by atoms with E-state index in [0.29, 0.717) is 5.56 Å². The summed E-state index contributed by atoms with van der Waals surface area (Å²) in [6.07, 6.45) is 0. The second-order valence-electron chi connectivity index (χ2n) is 3.02. The third kappa shape index (κ3) is 1.70. The molecule has 0 aliphatic heterocycles. The van der Waals surface area contributed by atoms with Gasteiger partial charge in [-0.2, -0.15) is 4.98 Å². The number of anilines is 1. The molecular formula is C9H7FN4O2. The van der Waals surface area contributed by atoms with Crippen molar-refractivity contribution in [1.82, 2.24) is 10.1 Å². The number of hydrogen-bond acceptors (Lipinski definition) is 5. The van der Waals surface area contributed by atoms with Gasteiger partial charge in [0.05, 0.1) is 5.69 Å².